The third kappa shape index (κ3) is 3.60. The third-order valence-electron chi connectivity index (χ3n) is 7.30. The molecule has 1 saturated heterocycles. The Labute approximate surface area is 180 Å². The maximum atomic E-state index is 12.8. The number of primary amides is 1. The molecule has 1 aromatic heterocycles. The molecule has 1 aliphatic heterocycles. The zero-order chi connectivity index (χ0) is 21.0. The van der Waals surface area contributed by atoms with E-state index >= 15 is 0 Å². The molecule has 0 aromatic carbocycles. The molecule has 30 heavy (non-hydrogen) atoms. The SMILES string of the molecule is NC(=O)c1cnc(N[C@@H]2CCN(C(=O)OC3C4CC5C[C@H]3CC(O)(C5)C4)C2)c(Cl)c1. The monoisotopic (exact) mass is 434 g/mol. The molecule has 0 radical (unpaired) electrons. The molecule has 6 atom stereocenters. The lowest BCUT2D eigenvalue weighted by atomic mass is 9.53. The standard InChI is InChI=1S/C21H27ClN4O4/c22-16-5-14(18(23)27)9-24-19(16)25-15-1-2-26(10-15)20(28)30-17-12-3-11-4-13(17)8-21(29,6-11)7-12/h5,9,11-13,15,17,29H,1-4,6-8,10H2,(H2,23,27)(H,24,25)/t11?,12-,13?,15+,17?,21?/m0/s1. The largest absolute Gasteiger partial charge is 0.446 e. The number of nitrogens with one attached hydrogen (secondary N) is 1. The van der Waals surface area contributed by atoms with Gasteiger partial charge < -0.3 is 25.8 Å². The van der Waals surface area contributed by atoms with Crippen molar-refractivity contribution in [1.29, 1.82) is 0 Å². The van der Waals surface area contributed by atoms with Gasteiger partial charge in [0, 0.05) is 25.3 Å². The van der Waals surface area contributed by atoms with Crippen LogP contribution in [0.4, 0.5) is 10.6 Å². The fourth-order valence-electron chi connectivity index (χ4n) is 6.23. The maximum Gasteiger partial charge on any atom is 0.410 e. The molecule has 4 unspecified atom stereocenters. The van der Waals surface area contributed by atoms with E-state index in [1.54, 1.807) is 4.90 Å². The number of aliphatic hydroxyl groups is 1. The highest BCUT2D eigenvalue weighted by Crippen LogP contribution is 2.56. The minimum absolute atomic E-state index is 0.00110. The van der Waals surface area contributed by atoms with Gasteiger partial charge >= 0.3 is 6.09 Å². The van der Waals surface area contributed by atoms with Gasteiger partial charge in [-0.15, -0.1) is 0 Å². The Morgan fingerprint density at radius 3 is 2.67 bits per heavy atom. The average molecular weight is 435 g/mol. The molecule has 2 amide bonds. The zero-order valence-electron chi connectivity index (χ0n) is 16.7. The Bertz CT molecular complexity index is 865. The first-order chi connectivity index (χ1) is 14.3. The summed E-state index contributed by atoms with van der Waals surface area (Å²) in [4.78, 5) is 30.0. The highest BCUT2D eigenvalue weighted by molar-refractivity contribution is 6.33. The molecule has 8 nitrogen and oxygen atoms in total. The Morgan fingerprint density at radius 2 is 2.03 bits per heavy atom. The van der Waals surface area contributed by atoms with Crippen LogP contribution in [0, 0.1) is 17.8 Å². The minimum atomic E-state index is -0.581. The second-order valence-electron chi connectivity index (χ2n) is 9.54. The number of nitrogens with two attached hydrogens (primary N) is 1. The third-order valence-corrected chi connectivity index (χ3v) is 7.59. The van der Waals surface area contributed by atoms with Crippen LogP contribution >= 0.6 is 11.6 Å². The van der Waals surface area contributed by atoms with E-state index in [2.05, 4.69) is 10.3 Å². The van der Waals surface area contributed by atoms with Crippen LogP contribution in [-0.2, 0) is 4.74 Å². The molecule has 4 N–H and O–H groups in total. The average Bonchev–Trinajstić information content (AvgIpc) is 3.13. The summed E-state index contributed by atoms with van der Waals surface area (Å²) in [6.45, 7) is 1.10. The number of pyridine rings is 1. The summed E-state index contributed by atoms with van der Waals surface area (Å²) in [7, 11) is 0. The Hall–Kier alpha value is -2.06. The van der Waals surface area contributed by atoms with Gasteiger partial charge in [-0.25, -0.2) is 9.78 Å². The number of rotatable bonds is 4. The van der Waals surface area contributed by atoms with Crippen LogP contribution < -0.4 is 11.1 Å². The van der Waals surface area contributed by atoms with Crippen LogP contribution in [0.15, 0.2) is 12.3 Å². The maximum absolute atomic E-state index is 12.8. The van der Waals surface area contributed by atoms with Gasteiger partial charge in [-0.3, -0.25) is 4.79 Å². The van der Waals surface area contributed by atoms with Crippen molar-refractivity contribution >= 4 is 29.4 Å². The van der Waals surface area contributed by atoms with E-state index in [4.69, 9.17) is 22.1 Å². The fraction of sp³-hybridized carbons (Fsp3) is 0.667. The topological polar surface area (TPSA) is 118 Å². The lowest BCUT2D eigenvalue weighted by Crippen LogP contribution is -2.58. The predicted octanol–water partition coefficient (Wildman–Crippen LogP) is 2.40. The van der Waals surface area contributed by atoms with Gasteiger partial charge in [0.15, 0.2) is 0 Å². The minimum Gasteiger partial charge on any atom is -0.446 e. The second-order valence-corrected chi connectivity index (χ2v) is 9.94. The van der Waals surface area contributed by atoms with E-state index in [0.29, 0.717) is 29.8 Å². The van der Waals surface area contributed by atoms with Crippen molar-refractivity contribution in [2.24, 2.45) is 23.5 Å². The van der Waals surface area contributed by atoms with Crippen molar-refractivity contribution < 1.29 is 19.4 Å². The number of anilines is 1. The molecule has 6 rings (SSSR count). The molecule has 5 fully saturated rings. The van der Waals surface area contributed by atoms with Crippen molar-refractivity contribution in [3.63, 3.8) is 0 Å². The van der Waals surface area contributed by atoms with Gasteiger partial charge in [-0.2, -0.15) is 0 Å². The van der Waals surface area contributed by atoms with E-state index in [1.165, 1.54) is 12.3 Å². The number of nitrogens with zero attached hydrogens (tertiary/aromatic N) is 2. The zero-order valence-corrected chi connectivity index (χ0v) is 17.5. The summed E-state index contributed by atoms with van der Waals surface area (Å²) < 4.78 is 5.98. The normalized spacial score (nSPS) is 36.7. The highest BCUT2D eigenvalue weighted by atomic mass is 35.5. The Morgan fingerprint density at radius 1 is 1.30 bits per heavy atom. The molecule has 4 saturated carbocycles. The summed E-state index contributed by atoms with van der Waals surface area (Å²) in [6.07, 6.45) is 6.35. The van der Waals surface area contributed by atoms with Gasteiger partial charge in [0.25, 0.3) is 0 Å². The van der Waals surface area contributed by atoms with E-state index in [-0.39, 0.29) is 35.6 Å². The van der Waals surface area contributed by atoms with Crippen molar-refractivity contribution in [2.45, 2.75) is 56.3 Å². The molecule has 2 heterocycles. The van der Waals surface area contributed by atoms with Crippen LogP contribution in [0.1, 0.15) is 48.9 Å². The summed E-state index contributed by atoms with van der Waals surface area (Å²) >= 11 is 6.20. The number of ether oxygens (including phenoxy) is 1. The molecule has 1 aromatic rings. The number of halogens is 1. The summed E-state index contributed by atoms with van der Waals surface area (Å²) in [5.41, 5.74) is 4.97. The number of carbonyl (C=O) groups is 2. The first-order valence-electron chi connectivity index (χ1n) is 10.7. The number of likely N-dealkylation sites (tertiary alicyclic amines) is 1. The smallest absolute Gasteiger partial charge is 0.410 e. The van der Waals surface area contributed by atoms with Crippen molar-refractivity contribution in [1.82, 2.24) is 9.88 Å². The van der Waals surface area contributed by atoms with E-state index < -0.39 is 11.5 Å². The molecule has 0 spiro atoms. The molecule has 162 valence electrons. The predicted molar refractivity (Wildman–Crippen MR) is 110 cm³/mol. The van der Waals surface area contributed by atoms with Crippen LogP contribution in [-0.4, -0.2) is 57.8 Å². The summed E-state index contributed by atoms with van der Waals surface area (Å²) in [5, 5.41) is 14.3. The van der Waals surface area contributed by atoms with E-state index in [0.717, 1.165) is 38.5 Å². The second kappa shape index (κ2) is 7.27. The number of hydrogen-bond acceptors (Lipinski definition) is 6. The van der Waals surface area contributed by atoms with E-state index in [1.807, 2.05) is 0 Å². The summed E-state index contributed by atoms with van der Waals surface area (Å²) in [6, 6.07) is 1.49. The summed E-state index contributed by atoms with van der Waals surface area (Å²) in [5.74, 6) is 1.04. The van der Waals surface area contributed by atoms with Crippen molar-refractivity contribution in [3.05, 3.63) is 22.8 Å². The Kier molecular flexibility index (Phi) is 4.82. The molecule has 4 bridgehead atoms. The molecule has 5 aliphatic rings. The molecular formula is C21H27ClN4O4. The first kappa shape index (κ1) is 19.9. The molecule has 4 aliphatic carbocycles. The van der Waals surface area contributed by atoms with Crippen LogP contribution in [0.25, 0.3) is 0 Å². The lowest BCUT2D eigenvalue weighted by Gasteiger charge is -2.57. The van der Waals surface area contributed by atoms with Crippen molar-refractivity contribution in [3.8, 4) is 0 Å². The van der Waals surface area contributed by atoms with Gasteiger partial charge in [0.05, 0.1) is 16.2 Å². The van der Waals surface area contributed by atoms with Gasteiger partial charge in [-0.1, -0.05) is 11.6 Å². The molecule has 9 heteroatoms. The number of amides is 2. The number of carbonyl (C=O) groups excluding carboxylic acids is 2. The Balaban J connectivity index is 1.18. The van der Waals surface area contributed by atoms with Crippen molar-refractivity contribution in [2.75, 3.05) is 18.4 Å². The van der Waals surface area contributed by atoms with Crippen LogP contribution in [0.5, 0.6) is 0 Å². The van der Waals surface area contributed by atoms with Gasteiger partial charge in [-0.05, 0) is 62.3 Å². The lowest BCUT2D eigenvalue weighted by molar-refractivity contribution is -0.177. The quantitative estimate of drug-likeness (QED) is 0.669. The highest BCUT2D eigenvalue weighted by Gasteiger charge is 2.56. The van der Waals surface area contributed by atoms with Gasteiger partial charge in [0.1, 0.15) is 11.9 Å². The number of aromatic nitrogens is 1. The number of hydrogen-bond donors (Lipinski definition) is 3. The van der Waals surface area contributed by atoms with Crippen LogP contribution in [0.3, 0.4) is 0 Å². The first-order valence-corrected chi connectivity index (χ1v) is 11.1. The van der Waals surface area contributed by atoms with Crippen LogP contribution in [0.2, 0.25) is 5.02 Å². The molecular weight excluding hydrogens is 408 g/mol. The van der Waals surface area contributed by atoms with Gasteiger partial charge in [0.2, 0.25) is 5.91 Å². The van der Waals surface area contributed by atoms with E-state index in [9.17, 15) is 14.7 Å². The fourth-order valence-corrected chi connectivity index (χ4v) is 6.46.